The topological polar surface area (TPSA) is 66.3 Å². The Bertz CT molecular complexity index is 1390. The summed E-state index contributed by atoms with van der Waals surface area (Å²) in [7, 11) is 0. The van der Waals surface area contributed by atoms with Crippen LogP contribution in [-0.4, -0.2) is 31.6 Å². The third kappa shape index (κ3) is 4.14. The van der Waals surface area contributed by atoms with E-state index in [9.17, 15) is 9.90 Å². The van der Waals surface area contributed by atoms with Crippen LogP contribution in [0.1, 0.15) is 45.6 Å². The minimum atomic E-state index is -0.880. The molecule has 1 saturated carbocycles. The van der Waals surface area contributed by atoms with E-state index >= 15 is 0 Å². The van der Waals surface area contributed by atoms with Crippen molar-refractivity contribution in [3.05, 3.63) is 83.6 Å². The van der Waals surface area contributed by atoms with Gasteiger partial charge in [0, 0.05) is 22.1 Å². The van der Waals surface area contributed by atoms with Crippen LogP contribution in [0, 0.1) is 0 Å². The highest BCUT2D eigenvalue weighted by Gasteiger charge is 2.50. The lowest BCUT2D eigenvalue weighted by molar-refractivity contribution is -0.0328. The lowest BCUT2D eigenvalue weighted by atomic mass is 9.69. The number of fused-ring (bicyclic) bond motifs is 1. The number of hydrogen-bond acceptors (Lipinski definition) is 3. The van der Waals surface area contributed by atoms with Crippen molar-refractivity contribution in [3.63, 3.8) is 0 Å². The molecule has 0 aliphatic heterocycles. The molecule has 1 aliphatic carbocycles. The van der Waals surface area contributed by atoms with Crippen LogP contribution < -0.4 is 0 Å². The predicted molar refractivity (Wildman–Crippen MR) is 141 cm³/mol. The quantitative estimate of drug-likeness (QED) is 0.300. The van der Waals surface area contributed by atoms with Gasteiger partial charge in [-0.25, -0.2) is 14.8 Å². The molecule has 0 radical (unpaired) electrons. The number of amides is 1. The predicted octanol–water partition coefficient (Wildman–Crippen LogP) is 7.77. The Labute approximate surface area is 210 Å². The average Bonchev–Trinajstić information content (AvgIpc) is 2.80. The van der Waals surface area contributed by atoms with Gasteiger partial charge in [-0.1, -0.05) is 66.2 Å². The molecule has 0 atom stereocenters. The van der Waals surface area contributed by atoms with Crippen LogP contribution in [0.2, 0.25) is 5.15 Å². The molecule has 0 spiro atoms. The van der Waals surface area contributed by atoms with Gasteiger partial charge in [0.05, 0.1) is 22.9 Å². The lowest BCUT2D eigenvalue weighted by Gasteiger charge is -2.54. The van der Waals surface area contributed by atoms with E-state index in [4.69, 9.17) is 16.6 Å². The Morgan fingerprint density at radius 1 is 1.00 bits per heavy atom. The minimum absolute atomic E-state index is 0.433. The molecule has 0 unspecified atom stereocenters. The summed E-state index contributed by atoms with van der Waals surface area (Å²) in [5.41, 5.74) is 4.70. The van der Waals surface area contributed by atoms with Crippen LogP contribution >= 0.6 is 11.6 Å². The molecule has 5 nitrogen and oxygen atoms in total. The third-order valence-corrected chi connectivity index (χ3v) is 7.13. The van der Waals surface area contributed by atoms with Crippen molar-refractivity contribution in [2.75, 3.05) is 0 Å². The second-order valence-electron chi connectivity index (χ2n) is 10.2. The van der Waals surface area contributed by atoms with Crippen molar-refractivity contribution in [1.29, 1.82) is 0 Å². The van der Waals surface area contributed by atoms with E-state index in [1.807, 2.05) is 45.0 Å². The summed E-state index contributed by atoms with van der Waals surface area (Å²) in [6.45, 7) is 5.88. The number of rotatable bonds is 4. The Morgan fingerprint density at radius 3 is 2.26 bits per heavy atom. The Balaban J connectivity index is 1.62. The van der Waals surface area contributed by atoms with Crippen LogP contribution in [0.3, 0.4) is 0 Å². The van der Waals surface area contributed by atoms with Gasteiger partial charge in [-0.3, -0.25) is 4.90 Å². The maximum absolute atomic E-state index is 12.3. The number of nitrogens with zero attached hydrogens (tertiary/aromatic N) is 3. The third-order valence-electron chi connectivity index (χ3n) is 6.92. The molecule has 1 aliphatic rings. The highest BCUT2D eigenvalue weighted by Crippen LogP contribution is 2.49. The second-order valence-corrected chi connectivity index (χ2v) is 10.6. The van der Waals surface area contributed by atoms with Crippen LogP contribution in [0.15, 0.2) is 72.9 Å². The highest BCUT2D eigenvalue weighted by molar-refractivity contribution is 6.30. The number of halogens is 1. The summed E-state index contributed by atoms with van der Waals surface area (Å²) < 4.78 is 0. The summed E-state index contributed by atoms with van der Waals surface area (Å²) in [5, 5.41) is 11.5. The lowest BCUT2D eigenvalue weighted by Crippen LogP contribution is -2.60. The highest BCUT2D eigenvalue weighted by atomic mass is 35.5. The zero-order chi connectivity index (χ0) is 24.8. The van der Waals surface area contributed by atoms with Gasteiger partial charge < -0.3 is 5.11 Å². The molecule has 6 heteroatoms. The Morgan fingerprint density at radius 2 is 1.69 bits per heavy atom. The summed E-state index contributed by atoms with van der Waals surface area (Å²) in [6, 6.07) is 22.3. The van der Waals surface area contributed by atoms with Gasteiger partial charge in [0.2, 0.25) is 0 Å². The van der Waals surface area contributed by atoms with Crippen molar-refractivity contribution < 1.29 is 9.90 Å². The van der Waals surface area contributed by atoms with Crippen molar-refractivity contribution in [1.82, 2.24) is 14.9 Å². The number of pyridine rings is 2. The van der Waals surface area contributed by atoms with Crippen LogP contribution in [0.4, 0.5) is 4.79 Å². The number of benzene rings is 2. The maximum Gasteiger partial charge on any atom is 0.408 e. The monoisotopic (exact) mass is 485 g/mol. The molecule has 0 bridgehead atoms. The Kier molecular flexibility index (Phi) is 5.76. The van der Waals surface area contributed by atoms with Crippen LogP contribution in [-0.2, 0) is 5.54 Å². The van der Waals surface area contributed by atoms with E-state index in [0.717, 1.165) is 58.1 Å². The first kappa shape index (κ1) is 23.3. The normalized spacial score (nSPS) is 15.0. The molecule has 1 fully saturated rings. The van der Waals surface area contributed by atoms with Gasteiger partial charge >= 0.3 is 6.09 Å². The van der Waals surface area contributed by atoms with Gasteiger partial charge in [-0.2, -0.15) is 0 Å². The smallest absolute Gasteiger partial charge is 0.408 e. The second kappa shape index (κ2) is 8.65. The van der Waals surface area contributed by atoms with Gasteiger partial charge in [0.15, 0.2) is 0 Å². The fraction of sp³-hybridized carbons (Fsp3) is 0.276. The van der Waals surface area contributed by atoms with E-state index in [0.29, 0.717) is 5.15 Å². The maximum atomic E-state index is 12.3. The first-order chi connectivity index (χ1) is 16.7. The van der Waals surface area contributed by atoms with E-state index in [1.54, 1.807) is 11.1 Å². The standard InChI is InChI=1S/C29H28ClN3O2/c1-28(2,3)33(27(34)35)29(14-7-15-29)22-12-10-20(11-13-22)26-23(19-8-5-4-6-9-19)16-21-17-25(30)31-18-24(21)32-26/h4-6,8-13,16-18H,7,14-15H2,1-3H3,(H,34,35). The summed E-state index contributed by atoms with van der Waals surface area (Å²) in [6.07, 6.45) is 3.48. The molecule has 5 rings (SSSR count). The van der Waals surface area contributed by atoms with Crippen molar-refractivity contribution >= 4 is 28.6 Å². The van der Waals surface area contributed by atoms with Crippen molar-refractivity contribution in [2.45, 2.75) is 51.1 Å². The molecule has 4 aromatic rings. The minimum Gasteiger partial charge on any atom is -0.465 e. The van der Waals surface area contributed by atoms with E-state index in [1.165, 1.54) is 0 Å². The zero-order valence-electron chi connectivity index (χ0n) is 20.1. The molecular formula is C29H28ClN3O2. The van der Waals surface area contributed by atoms with E-state index in [2.05, 4.69) is 47.4 Å². The first-order valence-electron chi connectivity index (χ1n) is 11.8. The molecular weight excluding hydrogens is 458 g/mol. The zero-order valence-corrected chi connectivity index (χ0v) is 20.9. The van der Waals surface area contributed by atoms with Crippen LogP contribution in [0.25, 0.3) is 33.3 Å². The fourth-order valence-corrected chi connectivity index (χ4v) is 5.48. The molecule has 1 amide bonds. The number of carboxylic acid groups (broad SMARTS) is 1. The van der Waals surface area contributed by atoms with E-state index < -0.39 is 17.2 Å². The fourth-order valence-electron chi connectivity index (χ4n) is 5.31. The molecule has 2 aromatic heterocycles. The number of hydrogen-bond donors (Lipinski definition) is 1. The van der Waals surface area contributed by atoms with Gasteiger partial charge in [0.1, 0.15) is 5.15 Å². The van der Waals surface area contributed by atoms with Crippen LogP contribution in [0.5, 0.6) is 0 Å². The average molecular weight is 486 g/mol. The largest absolute Gasteiger partial charge is 0.465 e. The van der Waals surface area contributed by atoms with E-state index in [-0.39, 0.29) is 0 Å². The number of carbonyl (C=O) groups is 1. The summed E-state index contributed by atoms with van der Waals surface area (Å²) >= 11 is 6.15. The first-order valence-corrected chi connectivity index (χ1v) is 12.2. The Hall–Kier alpha value is -3.44. The molecule has 35 heavy (non-hydrogen) atoms. The van der Waals surface area contributed by atoms with Gasteiger partial charge in [-0.15, -0.1) is 0 Å². The van der Waals surface area contributed by atoms with Gasteiger partial charge in [-0.05, 0) is 63.3 Å². The molecule has 2 heterocycles. The molecule has 1 N–H and O–H groups in total. The molecule has 0 saturated heterocycles. The summed E-state index contributed by atoms with van der Waals surface area (Å²) in [5.74, 6) is 0. The summed E-state index contributed by atoms with van der Waals surface area (Å²) in [4.78, 5) is 23.1. The molecule has 2 aromatic carbocycles. The SMILES string of the molecule is CC(C)(C)N(C(=O)O)C1(c2ccc(-c3nc4cnc(Cl)cc4cc3-c3ccccc3)cc2)CCC1. The van der Waals surface area contributed by atoms with Crippen molar-refractivity contribution in [3.8, 4) is 22.4 Å². The number of aromatic nitrogens is 2. The van der Waals surface area contributed by atoms with Crippen molar-refractivity contribution in [2.24, 2.45) is 0 Å². The molecule has 178 valence electrons. The van der Waals surface area contributed by atoms with Gasteiger partial charge in [0.25, 0.3) is 0 Å².